The number of nitrogens with one attached hydrogen (secondary N) is 1. The Morgan fingerprint density at radius 3 is 2.58 bits per heavy atom. The maximum absolute atomic E-state index is 12.6. The van der Waals surface area contributed by atoms with Gasteiger partial charge in [-0.3, -0.25) is 4.79 Å². The third kappa shape index (κ3) is 3.45. The molecule has 1 N–H and O–H groups in total. The molecule has 6 nitrogen and oxygen atoms in total. The van der Waals surface area contributed by atoms with Gasteiger partial charge in [-0.25, -0.2) is 9.48 Å². The number of anilines is 1. The molecule has 1 amide bonds. The average Bonchev–Trinajstić information content (AvgIpc) is 3.05. The summed E-state index contributed by atoms with van der Waals surface area (Å²) in [7, 11) is 1.29. The van der Waals surface area contributed by atoms with Crippen molar-refractivity contribution in [3.63, 3.8) is 0 Å². The van der Waals surface area contributed by atoms with Gasteiger partial charge in [0.25, 0.3) is 5.91 Å². The van der Waals surface area contributed by atoms with Gasteiger partial charge in [-0.2, -0.15) is 5.10 Å². The number of halogens is 1. The van der Waals surface area contributed by atoms with Crippen LogP contribution in [0.2, 0.25) is 5.02 Å². The number of rotatable bonds is 4. The quantitative estimate of drug-likeness (QED) is 0.708. The van der Waals surface area contributed by atoms with Crippen molar-refractivity contribution in [2.75, 3.05) is 12.4 Å². The molecule has 0 saturated heterocycles. The van der Waals surface area contributed by atoms with Crippen LogP contribution in [-0.2, 0) is 4.74 Å². The maximum atomic E-state index is 12.6. The van der Waals surface area contributed by atoms with Crippen LogP contribution in [0.1, 0.15) is 26.4 Å². The summed E-state index contributed by atoms with van der Waals surface area (Å²) < 4.78 is 6.37. The molecule has 3 rings (SSSR count). The monoisotopic (exact) mass is 369 g/mol. The number of carbonyl (C=O) groups excluding carboxylic acids is 2. The molecule has 1 heterocycles. The van der Waals surface area contributed by atoms with E-state index in [0.717, 1.165) is 5.69 Å². The van der Waals surface area contributed by atoms with Gasteiger partial charge in [0.2, 0.25) is 0 Å². The Balaban J connectivity index is 1.88. The van der Waals surface area contributed by atoms with Crippen molar-refractivity contribution < 1.29 is 14.3 Å². The Labute approximate surface area is 155 Å². The zero-order valence-corrected chi connectivity index (χ0v) is 14.9. The first-order chi connectivity index (χ1) is 12.5. The van der Waals surface area contributed by atoms with E-state index in [2.05, 4.69) is 15.2 Å². The smallest absolute Gasteiger partial charge is 0.337 e. The Bertz CT molecular complexity index is 967. The summed E-state index contributed by atoms with van der Waals surface area (Å²) in [5, 5.41) is 7.32. The average molecular weight is 370 g/mol. The number of nitrogens with zero attached hydrogens (tertiary/aromatic N) is 2. The second kappa shape index (κ2) is 7.41. The van der Waals surface area contributed by atoms with Crippen molar-refractivity contribution in [2.24, 2.45) is 0 Å². The lowest BCUT2D eigenvalue weighted by Crippen LogP contribution is -2.14. The summed E-state index contributed by atoms with van der Waals surface area (Å²) in [5.74, 6) is -0.876. The van der Waals surface area contributed by atoms with Crippen LogP contribution in [-0.4, -0.2) is 28.8 Å². The lowest BCUT2D eigenvalue weighted by Gasteiger charge is -2.09. The normalized spacial score (nSPS) is 10.4. The van der Waals surface area contributed by atoms with Gasteiger partial charge < -0.3 is 10.1 Å². The molecule has 2 aromatic carbocycles. The third-order valence-corrected chi connectivity index (χ3v) is 4.22. The van der Waals surface area contributed by atoms with E-state index >= 15 is 0 Å². The highest BCUT2D eigenvalue weighted by atomic mass is 35.5. The molecular formula is C19H16ClN3O3. The number of methoxy groups -OCH3 is 1. The van der Waals surface area contributed by atoms with E-state index in [4.69, 9.17) is 11.6 Å². The Morgan fingerprint density at radius 1 is 1.15 bits per heavy atom. The van der Waals surface area contributed by atoms with Crippen LogP contribution in [0.25, 0.3) is 5.69 Å². The molecule has 0 aliphatic heterocycles. The van der Waals surface area contributed by atoms with Crippen LogP contribution < -0.4 is 5.32 Å². The predicted octanol–water partition coefficient (Wildman–Crippen LogP) is 3.87. The fourth-order valence-electron chi connectivity index (χ4n) is 2.52. The Kier molecular flexibility index (Phi) is 5.04. The van der Waals surface area contributed by atoms with Gasteiger partial charge in [0, 0.05) is 0 Å². The SMILES string of the molecule is COC(=O)c1ccc(Cl)c(NC(=O)c2cnn(-c3ccccc3)c2C)c1. The molecule has 0 atom stereocenters. The molecule has 0 aliphatic rings. The zero-order valence-electron chi connectivity index (χ0n) is 14.2. The van der Waals surface area contributed by atoms with E-state index < -0.39 is 5.97 Å². The number of amides is 1. The highest BCUT2D eigenvalue weighted by Crippen LogP contribution is 2.25. The topological polar surface area (TPSA) is 73.2 Å². The van der Waals surface area contributed by atoms with Gasteiger partial charge in [-0.15, -0.1) is 0 Å². The number of hydrogen-bond acceptors (Lipinski definition) is 4. The number of aromatic nitrogens is 2. The first kappa shape index (κ1) is 17.7. The minimum atomic E-state index is -0.509. The molecule has 0 unspecified atom stereocenters. The largest absolute Gasteiger partial charge is 0.465 e. The fourth-order valence-corrected chi connectivity index (χ4v) is 2.68. The molecule has 0 bridgehead atoms. The predicted molar refractivity (Wildman–Crippen MR) is 99.0 cm³/mol. The van der Waals surface area contributed by atoms with E-state index in [1.54, 1.807) is 11.6 Å². The van der Waals surface area contributed by atoms with Gasteiger partial charge in [0.05, 0.1) is 46.5 Å². The van der Waals surface area contributed by atoms with Crippen molar-refractivity contribution >= 4 is 29.2 Å². The molecule has 0 spiro atoms. The summed E-state index contributed by atoms with van der Waals surface area (Å²) in [5.41, 5.74) is 2.58. The molecule has 7 heteroatoms. The molecule has 132 valence electrons. The number of hydrogen-bond donors (Lipinski definition) is 1. The van der Waals surface area contributed by atoms with Crippen LogP contribution >= 0.6 is 11.6 Å². The van der Waals surface area contributed by atoms with E-state index in [9.17, 15) is 9.59 Å². The summed E-state index contributed by atoms with van der Waals surface area (Å²) in [6.07, 6.45) is 1.50. The highest BCUT2D eigenvalue weighted by molar-refractivity contribution is 6.34. The summed E-state index contributed by atoms with van der Waals surface area (Å²) in [6, 6.07) is 14.0. The molecule has 0 fully saturated rings. The Hall–Kier alpha value is -3.12. The van der Waals surface area contributed by atoms with Crippen LogP contribution in [0.15, 0.2) is 54.7 Å². The number of carbonyl (C=O) groups is 2. The number of ether oxygens (including phenoxy) is 1. The number of esters is 1. The first-order valence-electron chi connectivity index (χ1n) is 7.80. The lowest BCUT2D eigenvalue weighted by molar-refractivity contribution is 0.0600. The zero-order chi connectivity index (χ0) is 18.7. The molecule has 0 aliphatic carbocycles. The van der Waals surface area contributed by atoms with E-state index in [1.807, 2.05) is 30.3 Å². The van der Waals surface area contributed by atoms with Gasteiger partial charge in [0.1, 0.15) is 0 Å². The fraction of sp³-hybridized carbons (Fsp3) is 0.105. The van der Waals surface area contributed by atoms with Crippen molar-refractivity contribution in [1.29, 1.82) is 0 Å². The second-order valence-corrected chi connectivity index (χ2v) is 5.94. The van der Waals surface area contributed by atoms with Crippen LogP contribution in [0.4, 0.5) is 5.69 Å². The Morgan fingerprint density at radius 2 is 1.88 bits per heavy atom. The van der Waals surface area contributed by atoms with Crippen LogP contribution in [0.3, 0.4) is 0 Å². The van der Waals surface area contributed by atoms with E-state index in [1.165, 1.54) is 31.5 Å². The van der Waals surface area contributed by atoms with Crippen LogP contribution in [0.5, 0.6) is 0 Å². The molecular weight excluding hydrogens is 354 g/mol. The highest BCUT2D eigenvalue weighted by Gasteiger charge is 2.17. The van der Waals surface area contributed by atoms with Crippen molar-refractivity contribution in [2.45, 2.75) is 6.92 Å². The standard InChI is InChI=1S/C19H16ClN3O3/c1-12-15(11-21-23(12)14-6-4-3-5-7-14)18(24)22-17-10-13(19(25)26-2)8-9-16(17)20/h3-11H,1-2H3,(H,22,24). The minimum Gasteiger partial charge on any atom is -0.465 e. The van der Waals surface area contributed by atoms with Crippen molar-refractivity contribution in [3.8, 4) is 5.69 Å². The molecule has 1 aromatic heterocycles. The van der Waals surface area contributed by atoms with Crippen molar-refractivity contribution in [3.05, 3.63) is 76.6 Å². The molecule has 3 aromatic rings. The second-order valence-electron chi connectivity index (χ2n) is 5.53. The summed E-state index contributed by atoms with van der Waals surface area (Å²) in [4.78, 5) is 24.3. The molecule has 26 heavy (non-hydrogen) atoms. The van der Waals surface area contributed by atoms with Crippen molar-refractivity contribution in [1.82, 2.24) is 9.78 Å². The summed E-state index contributed by atoms with van der Waals surface area (Å²) >= 11 is 6.13. The van der Waals surface area contributed by atoms with Gasteiger partial charge in [0.15, 0.2) is 0 Å². The minimum absolute atomic E-state index is 0.295. The summed E-state index contributed by atoms with van der Waals surface area (Å²) in [6.45, 7) is 1.81. The van der Waals surface area contributed by atoms with Crippen LogP contribution in [0, 0.1) is 6.92 Å². The van der Waals surface area contributed by atoms with E-state index in [0.29, 0.717) is 27.5 Å². The van der Waals surface area contributed by atoms with Gasteiger partial charge in [-0.05, 0) is 37.3 Å². The molecule has 0 saturated carbocycles. The van der Waals surface area contributed by atoms with E-state index in [-0.39, 0.29) is 5.91 Å². The van der Waals surface area contributed by atoms with Gasteiger partial charge >= 0.3 is 5.97 Å². The lowest BCUT2D eigenvalue weighted by atomic mass is 10.2. The number of para-hydroxylation sites is 1. The first-order valence-corrected chi connectivity index (χ1v) is 8.18. The molecule has 0 radical (unpaired) electrons. The maximum Gasteiger partial charge on any atom is 0.337 e. The third-order valence-electron chi connectivity index (χ3n) is 3.89. The number of benzene rings is 2. The van der Waals surface area contributed by atoms with Gasteiger partial charge in [-0.1, -0.05) is 29.8 Å².